The quantitative estimate of drug-likeness (QED) is 0.728. The number of alkyl halides is 1. The summed E-state index contributed by atoms with van der Waals surface area (Å²) in [4.78, 5) is 7.24. The Bertz CT molecular complexity index is 388. The minimum atomic E-state index is 0.552. The monoisotopic (exact) mass is 266 g/mol. The molecular formula is C15H23ClN2. The molecule has 0 radical (unpaired) electrons. The lowest BCUT2D eigenvalue weighted by Gasteiger charge is -2.31. The van der Waals surface area contributed by atoms with Gasteiger partial charge < -0.3 is 4.90 Å². The van der Waals surface area contributed by atoms with Crippen molar-refractivity contribution in [3.63, 3.8) is 0 Å². The molecule has 3 heteroatoms. The third-order valence-corrected chi connectivity index (χ3v) is 4.09. The fourth-order valence-corrected chi connectivity index (χ4v) is 3.06. The molecule has 0 N–H and O–H groups in total. The van der Waals surface area contributed by atoms with E-state index in [1.807, 2.05) is 0 Å². The third kappa shape index (κ3) is 2.80. The number of rotatable bonds is 6. The number of anilines is 1. The van der Waals surface area contributed by atoms with E-state index < -0.39 is 0 Å². The molecule has 0 saturated heterocycles. The Balaban J connectivity index is 2.24. The van der Waals surface area contributed by atoms with Gasteiger partial charge >= 0.3 is 0 Å². The van der Waals surface area contributed by atoms with Crippen molar-refractivity contribution in [3.05, 3.63) is 23.4 Å². The Morgan fingerprint density at radius 1 is 1.28 bits per heavy atom. The second-order valence-electron chi connectivity index (χ2n) is 4.98. The Hall–Kier alpha value is -0.760. The fourth-order valence-electron chi connectivity index (χ4n) is 2.87. The van der Waals surface area contributed by atoms with Crippen LogP contribution in [0.25, 0.3) is 0 Å². The smallest absolute Gasteiger partial charge is 0.129 e. The van der Waals surface area contributed by atoms with E-state index in [-0.39, 0.29) is 0 Å². The van der Waals surface area contributed by atoms with Crippen LogP contribution in [0.1, 0.15) is 44.4 Å². The first-order valence-electron chi connectivity index (χ1n) is 7.11. The molecule has 1 aliphatic carbocycles. The highest BCUT2D eigenvalue weighted by Crippen LogP contribution is 2.25. The summed E-state index contributed by atoms with van der Waals surface area (Å²) >= 11 is 5.95. The minimum Gasteiger partial charge on any atom is -0.352 e. The Morgan fingerprint density at radius 2 is 2.06 bits per heavy atom. The summed E-state index contributed by atoms with van der Waals surface area (Å²) in [5.41, 5.74) is 2.74. The van der Waals surface area contributed by atoms with Crippen molar-refractivity contribution in [2.24, 2.45) is 0 Å². The first kappa shape index (κ1) is 13.7. The van der Waals surface area contributed by atoms with E-state index in [1.54, 1.807) is 0 Å². The van der Waals surface area contributed by atoms with Gasteiger partial charge in [0.2, 0.25) is 0 Å². The summed E-state index contributed by atoms with van der Waals surface area (Å²) in [5.74, 6) is 1.78. The lowest BCUT2D eigenvalue weighted by atomic mass is 10.1. The molecule has 0 bridgehead atoms. The lowest BCUT2D eigenvalue weighted by Crippen LogP contribution is -2.36. The zero-order valence-electron chi connectivity index (χ0n) is 11.5. The van der Waals surface area contributed by atoms with Gasteiger partial charge in [-0.1, -0.05) is 19.9 Å². The molecule has 0 amide bonds. The maximum absolute atomic E-state index is 5.95. The number of hydrogen-bond acceptors (Lipinski definition) is 2. The Kier molecular flexibility index (Phi) is 4.87. The largest absolute Gasteiger partial charge is 0.352 e. The Labute approximate surface area is 115 Å². The van der Waals surface area contributed by atoms with Crippen molar-refractivity contribution >= 4 is 17.4 Å². The number of nitrogens with zero attached hydrogens (tertiary/aromatic N) is 2. The van der Waals surface area contributed by atoms with Gasteiger partial charge in [-0.05, 0) is 43.7 Å². The topological polar surface area (TPSA) is 16.1 Å². The predicted octanol–water partition coefficient (Wildman–Crippen LogP) is 3.80. The van der Waals surface area contributed by atoms with E-state index in [0.717, 1.165) is 31.6 Å². The molecule has 0 aromatic carbocycles. The molecule has 100 valence electrons. The molecule has 0 atom stereocenters. The molecule has 2 rings (SSSR count). The van der Waals surface area contributed by atoms with E-state index in [0.29, 0.717) is 11.9 Å². The standard InChI is InChI=1S/C15H23ClN2/c1-3-13(4-2)18(11-10-16)15-9-8-12-6-5-7-14(12)17-15/h8-9,13H,3-7,10-11H2,1-2H3. The highest BCUT2D eigenvalue weighted by molar-refractivity contribution is 6.18. The molecule has 0 saturated carbocycles. The molecular weight excluding hydrogens is 244 g/mol. The number of aryl methyl sites for hydroxylation is 2. The Morgan fingerprint density at radius 3 is 2.72 bits per heavy atom. The summed E-state index contributed by atoms with van der Waals surface area (Å²) in [5, 5.41) is 0. The summed E-state index contributed by atoms with van der Waals surface area (Å²) in [6.45, 7) is 5.37. The second-order valence-corrected chi connectivity index (χ2v) is 5.36. The highest BCUT2D eigenvalue weighted by Gasteiger charge is 2.19. The van der Waals surface area contributed by atoms with Gasteiger partial charge in [0.25, 0.3) is 0 Å². The predicted molar refractivity (Wildman–Crippen MR) is 78.7 cm³/mol. The number of aromatic nitrogens is 1. The van der Waals surface area contributed by atoms with Gasteiger partial charge in [0.05, 0.1) is 0 Å². The molecule has 18 heavy (non-hydrogen) atoms. The molecule has 0 spiro atoms. The van der Waals surface area contributed by atoms with Gasteiger partial charge in [0, 0.05) is 24.2 Å². The van der Waals surface area contributed by atoms with Gasteiger partial charge in [-0.15, -0.1) is 11.6 Å². The van der Waals surface area contributed by atoms with E-state index in [2.05, 4.69) is 30.9 Å². The van der Waals surface area contributed by atoms with Crippen molar-refractivity contribution in [2.75, 3.05) is 17.3 Å². The van der Waals surface area contributed by atoms with Gasteiger partial charge in [-0.25, -0.2) is 4.98 Å². The summed E-state index contributed by atoms with van der Waals surface area (Å²) in [7, 11) is 0. The average molecular weight is 267 g/mol. The number of hydrogen-bond donors (Lipinski definition) is 0. The van der Waals surface area contributed by atoms with Crippen LogP contribution in [0.4, 0.5) is 5.82 Å². The maximum Gasteiger partial charge on any atom is 0.129 e. The fraction of sp³-hybridized carbons (Fsp3) is 0.667. The van der Waals surface area contributed by atoms with Crippen molar-refractivity contribution in [3.8, 4) is 0 Å². The zero-order valence-corrected chi connectivity index (χ0v) is 12.2. The van der Waals surface area contributed by atoms with Crippen LogP contribution in [0.15, 0.2) is 12.1 Å². The average Bonchev–Trinajstić information content (AvgIpc) is 2.86. The normalized spacial score (nSPS) is 14.0. The van der Waals surface area contributed by atoms with Crippen LogP contribution in [-0.4, -0.2) is 23.5 Å². The van der Waals surface area contributed by atoms with Gasteiger partial charge in [0.1, 0.15) is 5.82 Å². The minimum absolute atomic E-state index is 0.552. The van der Waals surface area contributed by atoms with E-state index in [4.69, 9.17) is 16.6 Å². The summed E-state index contributed by atoms with van der Waals surface area (Å²) in [6, 6.07) is 4.99. The van der Waals surface area contributed by atoms with Crippen molar-refractivity contribution in [2.45, 2.75) is 52.0 Å². The van der Waals surface area contributed by atoms with Crippen LogP contribution >= 0.6 is 11.6 Å². The molecule has 0 fully saturated rings. The lowest BCUT2D eigenvalue weighted by molar-refractivity contribution is 0.562. The molecule has 1 aliphatic rings. The van der Waals surface area contributed by atoms with Gasteiger partial charge in [0.15, 0.2) is 0 Å². The molecule has 1 aromatic heterocycles. The van der Waals surface area contributed by atoms with Crippen LogP contribution in [0.2, 0.25) is 0 Å². The molecule has 0 unspecified atom stereocenters. The van der Waals surface area contributed by atoms with Crippen LogP contribution in [0, 0.1) is 0 Å². The number of pyridine rings is 1. The van der Waals surface area contributed by atoms with Crippen LogP contribution in [0.3, 0.4) is 0 Å². The molecule has 1 aromatic rings. The molecule has 2 nitrogen and oxygen atoms in total. The summed E-state index contributed by atoms with van der Waals surface area (Å²) in [6.07, 6.45) is 5.88. The first-order chi connectivity index (χ1) is 8.80. The highest BCUT2D eigenvalue weighted by atomic mass is 35.5. The van der Waals surface area contributed by atoms with E-state index in [9.17, 15) is 0 Å². The van der Waals surface area contributed by atoms with Gasteiger partial charge in [-0.2, -0.15) is 0 Å². The van der Waals surface area contributed by atoms with Crippen LogP contribution < -0.4 is 4.90 Å². The van der Waals surface area contributed by atoms with Gasteiger partial charge in [-0.3, -0.25) is 0 Å². The molecule has 0 aliphatic heterocycles. The first-order valence-corrected chi connectivity index (χ1v) is 7.65. The third-order valence-electron chi connectivity index (χ3n) is 3.92. The SMILES string of the molecule is CCC(CC)N(CCCl)c1ccc2c(n1)CCC2. The van der Waals surface area contributed by atoms with E-state index >= 15 is 0 Å². The second kappa shape index (κ2) is 6.42. The van der Waals surface area contributed by atoms with Crippen LogP contribution in [0.5, 0.6) is 0 Å². The number of halogens is 1. The maximum atomic E-state index is 5.95. The van der Waals surface area contributed by atoms with Crippen molar-refractivity contribution < 1.29 is 0 Å². The summed E-state index contributed by atoms with van der Waals surface area (Å²) < 4.78 is 0. The molecule has 1 heterocycles. The van der Waals surface area contributed by atoms with Crippen molar-refractivity contribution in [1.82, 2.24) is 4.98 Å². The number of fused-ring (bicyclic) bond motifs is 1. The van der Waals surface area contributed by atoms with Crippen molar-refractivity contribution in [1.29, 1.82) is 0 Å². The van der Waals surface area contributed by atoms with E-state index in [1.165, 1.54) is 24.1 Å². The zero-order chi connectivity index (χ0) is 13.0. The van der Waals surface area contributed by atoms with Crippen LogP contribution in [-0.2, 0) is 12.8 Å².